The molecule has 1 unspecified atom stereocenters. The summed E-state index contributed by atoms with van der Waals surface area (Å²) in [6.07, 6.45) is 1.57. The number of anilines is 1. The lowest BCUT2D eigenvalue weighted by molar-refractivity contribution is -0.131. The lowest BCUT2D eigenvalue weighted by Crippen LogP contribution is -2.38. The molecule has 1 aromatic heterocycles. The van der Waals surface area contributed by atoms with Crippen molar-refractivity contribution in [3.05, 3.63) is 58.6 Å². The number of halogens is 1. The highest BCUT2D eigenvalue weighted by molar-refractivity contribution is 6.30. The highest BCUT2D eigenvalue weighted by Gasteiger charge is 2.30. The number of aromatic nitrogens is 2. The maximum Gasteiger partial charge on any atom is 0.257 e. The largest absolute Gasteiger partial charge is 0.337 e. The minimum absolute atomic E-state index is 0.0760. The summed E-state index contributed by atoms with van der Waals surface area (Å²) in [7, 11) is 2.13. The maximum atomic E-state index is 13.1. The van der Waals surface area contributed by atoms with Crippen molar-refractivity contribution in [3.63, 3.8) is 0 Å². The molecule has 2 heterocycles. The molecule has 4 rings (SSSR count). The Kier molecular flexibility index (Phi) is 8.63. The van der Waals surface area contributed by atoms with Gasteiger partial charge in [-0.25, -0.2) is 4.98 Å². The van der Waals surface area contributed by atoms with Crippen LogP contribution < -0.4 is 5.32 Å². The van der Waals surface area contributed by atoms with E-state index in [9.17, 15) is 9.59 Å². The summed E-state index contributed by atoms with van der Waals surface area (Å²) in [5.74, 6) is -0.0152. The van der Waals surface area contributed by atoms with Gasteiger partial charge >= 0.3 is 0 Å². The third-order valence-electron chi connectivity index (χ3n) is 7.81. The normalized spacial score (nSPS) is 16.5. The van der Waals surface area contributed by atoms with E-state index in [4.69, 9.17) is 21.8 Å². The zero-order chi connectivity index (χ0) is 28.3. The van der Waals surface area contributed by atoms with Crippen LogP contribution >= 0.6 is 11.6 Å². The van der Waals surface area contributed by atoms with Crippen LogP contribution in [0.1, 0.15) is 62.9 Å². The predicted molar refractivity (Wildman–Crippen MR) is 154 cm³/mol. The summed E-state index contributed by atoms with van der Waals surface area (Å²) in [5.41, 5.74) is 3.42. The second-order valence-electron chi connectivity index (χ2n) is 11.5. The van der Waals surface area contributed by atoms with Gasteiger partial charge in [0.25, 0.3) is 5.91 Å². The number of fused-ring (bicyclic) bond motifs is 1. The Morgan fingerprint density at radius 1 is 1.23 bits per heavy atom. The second kappa shape index (κ2) is 11.8. The minimum Gasteiger partial charge on any atom is -0.337 e. The van der Waals surface area contributed by atoms with Crippen LogP contribution in [0.25, 0.3) is 11.0 Å². The van der Waals surface area contributed by atoms with E-state index in [1.165, 1.54) is 0 Å². The Labute approximate surface area is 235 Å². The Balaban J connectivity index is 1.67. The number of likely N-dealkylation sites (tertiary alicyclic amines) is 1. The quantitative estimate of drug-likeness (QED) is 0.389. The molecule has 1 saturated heterocycles. The fourth-order valence-electron chi connectivity index (χ4n) is 5.15. The van der Waals surface area contributed by atoms with Crippen LogP contribution in [0.4, 0.5) is 5.95 Å². The monoisotopic (exact) mass is 548 g/mol. The second-order valence-corrected chi connectivity index (χ2v) is 11.9. The molecule has 0 spiro atoms. The standard InChI is InChI=1S/C30H37ClN6O2/c1-20(30(2,3)4)35(5)18-21-8-13-26-25(17-21)33-29(34-28(39)22-9-11-23(31)12-10-22)37(26)19-24-7-6-16-36(24)27(38)14-15-32/h8-13,17,20,24H,6-7,14,16,18-19H2,1-5H3,(H,33,34,39)/t20-,24?/m0/s1. The highest BCUT2D eigenvalue weighted by Crippen LogP contribution is 2.28. The highest BCUT2D eigenvalue weighted by atomic mass is 35.5. The molecule has 2 amide bonds. The molecule has 1 aliphatic rings. The third kappa shape index (κ3) is 6.60. The van der Waals surface area contributed by atoms with Crippen molar-refractivity contribution in [1.29, 1.82) is 5.26 Å². The number of benzene rings is 2. The average molecular weight is 549 g/mol. The fraction of sp³-hybridized carbons (Fsp3) is 0.467. The first kappa shape index (κ1) is 28.6. The molecule has 1 N–H and O–H groups in total. The molecule has 0 radical (unpaired) electrons. The molecule has 2 aromatic carbocycles. The van der Waals surface area contributed by atoms with Crippen molar-refractivity contribution in [1.82, 2.24) is 19.4 Å². The summed E-state index contributed by atoms with van der Waals surface area (Å²) in [5, 5.41) is 12.6. The van der Waals surface area contributed by atoms with Crippen molar-refractivity contribution in [2.45, 2.75) is 72.1 Å². The first-order chi connectivity index (χ1) is 18.5. The van der Waals surface area contributed by atoms with Crippen molar-refractivity contribution < 1.29 is 9.59 Å². The fourth-order valence-corrected chi connectivity index (χ4v) is 5.27. The lowest BCUT2D eigenvalue weighted by Gasteiger charge is -2.35. The first-order valence-electron chi connectivity index (χ1n) is 13.4. The molecule has 2 atom stereocenters. The topological polar surface area (TPSA) is 94.3 Å². The van der Waals surface area contributed by atoms with Gasteiger partial charge < -0.3 is 9.47 Å². The smallest absolute Gasteiger partial charge is 0.257 e. The zero-order valence-corrected chi connectivity index (χ0v) is 24.1. The van der Waals surface area contributed by atoms with E-state index in [0.717, 1.165) is 36.0 Å². The van der Waals surface area contributed by atoms with Gasteiger partial charge in [-0.15, -0.1) is 0 Å². The van der Waals surface area contributed by atoms with E-state index in [1.807, 2.05) is 16.7 Å². The van der Waals surface area contributed by atoms with Crippen LogP contribution in [0.15, 0.2) is 42.5 Å². The van der Waals surface area contributed by atoms with Crippen molar-refractivity contribution >= 4 is 40.4 Å². The molecule has 1 aliphatic heterocycles. The number of amides is 2. The van der Waals surface area contributed by atoms with E-state index in [2.05, 4.69) is 57.1 Å². The van der Waals surface area contributed by atoms with E-state index < -0.39 is 0 Å². The van der Waals surface area contributed by atoms with Gasteiger partial charge in [-0.3, -0.25) is 19.8 Å². The van der Waals surface area contributed by atoms with Crippen LogP contribution in [0.2, 0.25) is 5.02 Å². The summed E-state index contributed by atoms with van der Waals surface area (Å²) < 4.78 is 1.98. The van der Waals surface area contributed by atoms with Gasteiger partial charge in [-0.2, -0.15) is 5.26 Å². The van der Waals surface area contributed by atoms with Crippen LogP contribution in [0.5, 0.6) is 0 Å². The number of hydrogen-bond acceptors (Lipinski definition) is 5. The number of hydrogen-bond donors (Lipinski definition) is 1. The van der Waals surface area contributed by atoms with E-state index in [0.29, 0.717) is 35.7 Å². The summed E-state index contributed by atoms with van der Waals surface area (Å²) in [6, 6.07) is 15.2. The van der Waals surface area contributed by atoms with Gasteiger partial charge in [-0.1, -0.05) is 38.4 Å². The van der Waals surface area contributed by atoms with E-state index in [1.54, 1.807) is 29.2 Å². The molecule has 39 heavy (non-hydrogen) atoms. The number of nitrogens with zero attached hydrogens (tertiary/aromatic N) is 5. The van der Waals surface area contributed by atoms with Gasteiger partial charge in [0, 0.05) is 42.3 Å². The van der Waals surface area contributed by atoms with Gasteiger partial charge in [0.15, 0.2) is 0 Å². The molecule has 1 fully saturated rings. The number of nitrogens with one attached hydrogen (secondary N) is 1. The van der Waals surface area contributed by atoms with Crippen LogP contribution in [0.3, 0.4) is 0 Å². The summed E-state index contributed by atoms with van der Waals surface area (Å²) in [4.78, 5) is 34.7. The first-order valence-corrected chi connectivity index (χ1v) is 13.8. The molecule has 0 aliphatic carbocycles. The Morgan fingerprint density at radius 2 is 1.95 bits per heavy atom. The zero-order valence-electron chi connectivity index (χ0n) is 23.4. The molecule has 9 heteroatoms. The van der Waals surface area contributed by atoms with Crippen molar-refractivity contribution in [2.75, 3.05) is 18.9 Å². The van der Waals surface area contributed by atoms with Crippen LogP contribution in [0, 0.1) is 16.7 Å². The van der Waals surface area contributed by atoms with Crippen LogP contribution in [-0.2, 0) is 17.9 Å². The maximum absolute atomic E-state index is 13.1. The SMILES string of the molecule is C[C@H](N(C)Cc1ccc2c(c1)nc(NC(=O)c1ccc(Cl)cc1)n2CC1CCCN1C(=O)CC#N)C(C)(C)C. The molecule has 206 valence electrons. The summed E-state index contributed by atoms with van der Waals surface area (Å²) >= 11 is 6.00. The van der Waals surface area contributed by atoms with Gasteiger partial charge in [-0.05, 0) is 74.2 Å². The lowest BCUT2D eigenvalue weighted by atomic mass is 9.87. The molecular formula is C30H37ClN6O2. The predicted octanol–water partition coefficient (Wildman–Crippen LogP) is 5.71. The molecule has 3 aromatic rings. The van der Waals surface area contributed by atoms with Gasteiger partial charge in [0.2, 0.25) is 11.9 Å². The molecule has 8 nitrogen and oxygen atoms in total. The van der Waals surface area contributed by atoms with Crippen LogP contribution in [-0.4, -0.2) is 56.8 Å². The molecule has 0 bridgehead atoms. The number of nitriles is 1. The Hall–Kier alpha value is -3.41. The Bertz CT molecular complexity index is 1390. The Morgan fingerprint density at radius 3 is 2.62 bits per heavy atom. The molecule has 0 saturated carbocycles. The van der Waals surface area contributed by atoms with Crippen molar-refractivity contribution in [2.24, 2.45) is 5.41 Å². The number of rotatable bonds is 8. The third-order valence-corrected chi connectivity index (χ3v) is 8.06. The van der Waals surface area contributed by atoms with Crippen molar-refractivity contribution in [3.8, 4) is 6.07 Å². The minimum atomic E-state index is -0.286. The number of imidazole rings is 1. The average Bonchev–Trinajstić information content (AvgIpc) is 3.48. The van der Waals surface area contributed by atoms with E-state index in [-0.39, 0.29) is 29.7 Å². The number of carbonyl (C=O) groups is 2. The number of carbonyl (C=O) groups excluding carboxylic acids is 2. The summed E-state index contributed by atoms with van der Waals surface area (Å²) in [6.45, 7) is 10.8. The van der Waals surface area contributed by atoms with Gasteiger partial charge in [0.05, 0.1) is 17.1 Å². The van der Waals surface area contributed by atoms with Gasteiger partial charge in [0.1, 0.15) is 6.42 Å². The molecular weight excluding hydrogens is 512 g/mol. The van der Waals surface area contributed by atoms with E-state index >= 15 is 0 Å².